The summed E-state index contributed by atoms with van der Waals surface area (Å²) in [4.78, 5) is 15.2. The minimum absolute atomic E-state index is 0.0627. The van der Waals surface area contributed by atoms with Crippen LogP contribution < -0.4 is 9.47 Å². The Morgan fingerprint density at radius 3 is 2.73 bits per heavy atom. The van der Waals surface area contributed by atoms with E-state index in [1.807, 2.05) is 49.4 Å². The monoisotopic (exact) mass is 611 g/mol. The van der Waals surface area contributed by atoms with Crippen LogP contribution in [0.15, 0.2) is 50.2 Å². The molecule has 1 amide bonds. The molecule has 2 aromatic rings. The molecule has 0 unspecified atom stereocenters. The van der Waals surface area contributed by atoms with Gasteiger partial charge in [0, 0.05) is 11.1 Å². The number of carbonyl (C=O) groups excluding carboxylic acids is 1. The molecule has 2 aromatic carbocycles. The van der Waals surface area contributed by atoms with Crippen LogP contribution in [0.2, 0.25) is 0 Å². The van der Waals surface area contributed by atoms with Gasteiger partial charge in [-0.2, -0.15) is 0 Å². The molecule has 0 saturated carbocycles. The second kappa shape index (κ2) is 11.4. The highest BCUT2D eigenvalue weighted by atomic mass is 79.9. The molecule has 174 valence electrons. The van der Waals surface area contributed by atoms with Gasteiger partial charge >= 0.3 is 0 Å². The summed E-state index contributed by atoms with van der Waals surface area (Å²) in [5, 5.41) is 0. The van der Waals surface area contributed by atoms with Crippen LogP contribution in [0, 0.1) is 0 Å². The Labute approximate surface area is 220 Å². The van der Waals surface area contributed by atoms with Crippen molar-refractivity contribution in [3.63, 3.8) is 0 Å². The van der Waals surface area contributed by atoms with Crippen LogP contribution >= 0.6 is 55.8 Å². The Kier molecular flexibility index (Phi) is 8.51. The summed E-state index contributed by atoms with van der Waals surface area (Å²) in [7, 11) is 0. The van der Waals surface area contributed by atoms with Crippen molar-refractivity contribution < 1.29 is 19.0 Å². The summed E-state index contributed by atoms with van der Waals surface area (Å²) < 4.78 is 20.0. The van der Waals surface area contributed by atoms with Crippen LogP contribution in [0.25, 0.3) is 6.08 Å². The van der Waals surface area contributed by atoms with Crippen molar-refractivity contribution in [1.82, 2.24) is 4.90 Å². The quantitative estimate of drug-likeness (QED) is 0.248. The van der Waals surface area contributed by atoms with Crippen molar-refractivity contribution in [2.24, 2.45) is 0 Å². The van der Waals surface area contributed by atoms with E-state index in [-0.39, 0.29) is 12.0 Å². The molecule has 33 heavy (non-hydrogen) atoms. The number of halogens is 2. The van der Waals surface area contributed by atoms with Gasteiger partial charge in [0.05, 0.1) is 28.6 Å². The molecule has 0 radical (unpaired) electrons. The molecule has 2 saturated heterocycles. The first-order valence-corrected chi connectivity index (χ1v) is 13.5. The van der Waals surface area contributed by atoms with Crippen molar-refractivity contribution in [3.05, 3.63) is 61.4 Å². The molecule has 0 N–H and O–H groups in total. The van der Waals surface area contributed by atoms with E-state index < -0.39 is 0 Å². The molecule has 0 aliphatic carbocycles. The smallest absolute Gasteiger partial charge is 0.266 e. The van der Waals surface area contributed by atoms with Gasteiger partial charge in [-0.1, -0.05) is 52.0 Å². The number of benzene rings is 2. The molecular formula is C24H23Br2NO4S2. The third-order valence-electron chi connectivity index (χ3n) is 5.21. The van der Waals surface area contributed by atoms with Crippen LogP contribution in [-0.4, -0.2) is 41.0 Å². The number of nitrogens with zero attached hydrogens (tertiary/aromatic N) is 1. The second-order valence-corrected chi connectivity index (χ2v) is 11.1. The van der Waals surface area contributed by atoms with Crippen LogP contribution in [0.4, 0.5) is 0 Å². The lowest BCUT2D eigenvalue weighted by Crippen LogP contribution is -2.35. The molecule has 0 aromatic heterocycles. The Hall–Kier alpha value is -1.39. The topological polar surface area (TPSA) is 48.0 Å². The normalized spacial score (nSPS) is 19.5. The summed E-state index contributed by atoms with van der Waals surface area (Å²) in [6, 6.07) is 11.8. The minimum Gasteiger partial charge on any atom is -0.490 e. The summed E-state index contributed by atoms with van der Waals surface area (Å²) in [6.45, 7) is 4.09. The van der Waals surface area contributed by atoms with E-state index in [0.29, 0.717) is 40.5 Å². The van der Waals surface area contributed by atoms with E-state index in [4.69, 9.17) is 26.4 Å². The Morgan fingerprint density at radius 2 is 2.03 bits per heavy atom. The van der Waals surface area contributed by atoms with Crippen molar-refractivity contribution in [1.29, 1.82) is 0 Å². The zero-order valence-corrected chi connectivity index (χ0v) is 22.8. The zero-order valence-electron chi connectivity index (χ0n) is 18.0. The van der Waals surface area contributed by atoms with E-state index in [0.717, 1.165) is 39.5 Å². The van der Waals surface area contributed by atoms with Gasteiger partial charge in [0.2, 0.25) is 0 Å². The number of hydrogen-bond donors (Lipinski definition) is 0. The number of amides is 1. The van der Waals surface area contributed by atoms with E-state index >= 15 is 0 Å². The van der Waals surface area contributed by atoms with Gasteiger partial charge in [0.15, 0.2) is 11.5 Å². The molecule has 0 spiro atoms. The zero-order chi connectivity index (χ0) is 23.4. The Morgan fingerprint density at radius 1 is 1.24 bits per heavy atom. The fourth-order valence-electron chi connectivity index (χ4n) is 3.61. The van der Waals surface area contributed by atoms with Gasteiger partial charge in [-0.05, 0) is 77.2 Å². The first kappa shape index (κ1) is 24.7. The molecule has 5 nitrogen and oxygen atoms in total. The van der Waals surface area contributed by atoms with Crippen molar-refractivity contribution in [3.8, 4) is 11.5 Å². The molecule has 2 aliphatic heterocycles. The largest absolute Gasteiger partial charge is 0.490 e. The number of thiocarbonyl (C=S) groups is 1. The van der Waals surface area contributed by atoms with Crippen LogP contribution in [0.1, 0.15) is 30.9 Å². The van der Waals surface area contributed by atoms with Crippen molar-refractivity contribution in [2.75, 3.05) is 19.8 Å². The molecule has 1 atom stereocenters. The molecule has 2 aliphatic rings. The number of ether oxygens (including phenoxy) is 3. The maximum atomic E-state index is 13.0. The Bertz CT molecular complexity index is 1070. The highest BCUT2D eigenvalue weighted by Gasteiger charge is 2.34. The predicted octanol–water partition coefficient (Wildman–Crippen LogP) is 6.57. The fourth-order valence-corrected chi connectivity index (χ4v) is 5.72. The second-order valence-electron chi connectivity index (χ2n) is 7.61. The van der Waals surface area contributed by atoms with Crippen molar-refractivity contribution in [2.45, 2.75) is 32.5 Å². The molecule has 4 rings (SSSR count). The molecular weight excluding hydrogens is 590 g/mol. The number of rotatable bonds is 8. The highest BCUT2D eigenvalue weighted by Crippen LogP contribution is 2.40. The SMILES string of the molecule is CCOc1cc(/C=C2\SC(=S)N(C[C@@H]3CCCO3)C2=O)cc(Br)c1OCc1ccc(Br)cc1. The van der Waals surface area contributed by atoms with Gasteiger partial charge in [0.1, 0.15) is 10.9 Å². The van der Waals surface area contributed by atoms with Gasteiger partial charge in [0.25, 0.3) is 5.91 Å². The third kappa shape index (κ3) is 6.19. The average molecular weight is 613 g/mol. The predicted molar refractivity (Wildman–Crippen MR) is 143 cm³/mol. The first-order chi connectivity index (χ1) is 15.9. The minimum atomic E-state index is -0.0786. The van der Waals surface area contributed by atoms with Gasteiger partial charge in [-0.3, -0.25) is 9.69 Å². The lowest BCUT2D eigenvalue weighted by atomic mass is 10.1. The Balaban J connectivity index is 1.52. The fraction of sp³-hybridized carbons (Fsp3) is 0.333. The number of carbonyl (C=O) groups is 1. The van der Waals surface area contributed by atoms with Gasteiger partial charge in [-0.15, -0.1) is 0 Å². The lowest BCUT2D eigenvalue weighted by Gasteiger charge is -2.18. The average Bonchev–Trinajstić information content (AvgIpc) is 3.39. The summed E-state index contributed by atoms with van der Waals surface area (Å²) in [5.41, 5.74) is 1.88. The van der Waals surface area contributed by atoms with E-state index in [1.165, 1.54) is 11.8 Å². The van der Waals surface area contributed by atoms with E-state index in [9.17, 15) is 4.79 Å². The van der Waals surface area contributed by atoms with Gasteiger partial charge in [-0.25, -0.2) is 0 Å². The standard InChI is InChI=1S/C24H23Br2NO4S2/c1-2-29-20-11-16(10-19(26)22(20)31-14-15-5-7-17(25)8-6-15)12-21-23(28)27(24(32)33-21)13-18-4-3-9-30-18/h5-8,10-12,18H,2-4,9,13-14H2,1H3/b21-12-/t18-/m0/s1. The summed E-state index contributed by atoms with van der Waals surface area (Å²) in [6.07, 6.45) is 3.90. The van der Waals surface area contributed by atoms with Crippen LogP contribution in [0.5, 0.6) is 11.5 Å². The first-order valence-electron chi connectivity index (χ1n) is 10.6. The maximum absolute atomic E-state index is 13.0. The molecule has 9 heteroatoms. The van der Waals surface area contributed by atoms with Gasteiger partial charge < -0.3 is 14.2 Å². The van der Waals surface area contributed by atoms with Crippen LogP contribution in [0.3, 0.4) is 0 Å². The molecule has 2 fully saturated rings. The lowest BCUT2D eigenvalue weighted by molar-refractivity contribution is -0.123. The number of hydrogen-bond acceptors (Lipinski definition) is 6. The van der Waals surface area contributed by atoms with Crippen molar-refractivity contribution >= 4 is 72.1 Å². The third-order valence-corrected chi connectivity index (χ3v) is 7.71. The molecule has 2 heterocycles. The summed E-state index contributed by atoms with van der Waals surface area (Å²) in [5.74, 6) is 1.16. The van der Waals surface area contributed by atoms with E-state index in [1.54, 1.807) is 4.90 Å². The summed E-state index contributed by atoms with van der Waals surface area (Å²) >= 11 is 13.8. The van der Waals surface area contributed by atoms with E-state index in [2.05, 4.69) is 31.9 Å². The highest BCUT2D eigenvalue weighted by molar-refractivity contribution is 9.10. The van der Waals surface area contributed by atoms with Crippen LogP contribution in [-0.2, 0) is 16.1 Å². The maximum Gasteiger partial charge on any atom is 0.266 e. The molecule has 0 bridgehead atoms. The number of thioether (sulfide) groups is 1.